The number of halogens is 6. The highest BCUT2D eigenvalue weighted by Gasteiger charge is 2.27. The fourth-order valence-corrected chi connectivity index (χ4v) is 1.34. The summed E-state index contributed by atoms with van der Waals surface area (Å²) in [6, 6.07) is 0. The highest BCUT2D eigenvalue weighted by Crippen LogP contribution is 2.21. The number of aromatic nitrogens is 2. The zero-order valence-corrected chi connectivity index (χ0v) is 9.81. The van der Waals surface area contributed by atoms with Crippen molar-refractivity contribution in [3.05, 3.63) is 16.9 Å². The largest absolute Gasteiger partial charge is 0.390 e. The van der Waals surface area contributed by atoms with Crippen LogP contribution in [0.5, 0.6) is 0 Å². The summed E-state index contributed by atoms with van der Waals surface area (Å²) in [7, 11) is 0. The van der Waals surface area contributed by atoms with Gasteiger partial charge in [-0.2, -0.15) is 18.3 Å². The molecule has 0 aliphatic rings. The van der Waals surface area contributed by atoms with Gasteiger partial charge in [-0.3, -0.25) is 4.68 Å². The zero-order valence-electron chi connectivity index (χ0n) is 9.05. The molecule has 18 heavy (non-hydrogen) atoms. The molecule has 0 N–H and O–H groups in total. The zero-order chi connectivity index (χ0) is 13.8. The smallest absolute Gasteiger partial charge is 0.369 e. The maximum absolute atomic E-state index is 12.0. The van der Waals surface area contributed by atoms with E-state index in [1.165, 1.54) is 6.20 Å². The molecule has 0 bridgehead atoms. The van der Waals surface area contributed by atoms with Crippen LogP contribution in [0.1, 0.15) is 12.1 Å². The molecule has 1 aromatic heterocycles. The van der Waals surface area contributed by atoms with E-state index in [4.69, 9.17) is 11.6 Å². The van der Waals surface area contributed by atoms with Crippen molar-refractivity contribution in [1.82, 2.24) is 9.78 Å². The molecule has 0 spiro atoms. The molecule has 0 radical (unpaired) electrons. The minimum atomic E-state index is -4.29. The first-order chi connectivity index (χ1) is 8.28. The van der Waals surface area contributed by atoms with E-state index in [9.17, 15) is 22.0 Å². The Bertz CT molecular complexity index is 380. The normalized spacial score (nSPS) is 12.4. The van der Waals surface area contributed by atoms with Gasteiger partial charge in [0.2, 0.25) is 0 Å². The van der Waals surface area contributed by atoms with Crippen LogP contribution in [0.3, 0.4) is 0 Å². The Morgan fingerprint density at radius 2 is 2.06 bits per heavy atom. The molecule has 1 rings (SSSR count). The summed E-state index contributed by atoms with van der Waals surface area (Å²) in [5.74, 6) is 0. The quantitative estimate of drug-likeness (QED) is 0.753. The molecular weight excluding hydrogens is 283 g/mol. The van der Waals surface area contributed by atoms with E-state index in [0.29, 0.717) is 0 Å². The standard InChI is InChI=1S/C9H10ClF5N2O/c10-6-3-17(2-1-9(13,14)15)16-7(6)4-18-5-8(11)12/h3,8H,1-2,4-5H2. The highest BCUT2D eigenvalue weighted by atomic mass is 35.5. The van der Waals surface area contributed by atoms with Crippen LogP contribution in [0, 0.1) is 0 Å². The first-order valence-electron chi connectivity index (χ1n) is 4.92. The number of nitrogens with zero attached hydrogens (tertiary/aromatic N) is 2. The van der Waals surface area contributed by atoms with Gasteiger partial charge in [0.1, 0.15) is 12.3 Å². The van der Waals surface area contributed by atoms with Gasteiger partial charge in [-0.15, -0.1) is 0 Å². The lowest BCUT2D eigenvalue weighted by molar-refractivity contribution is -0.137. The molecule has 0 atom stereocenters. The number of hydrogen-bond donors (Lipinski definition) is 0. The molecule has 0 saturated heterocycles. The average molecular weight is 293 g/mol. The SMILES string of the molecule is FC(F)COCc1nn(CCC(F)(F)F)cc1Cl. The van der Waals surface area contributed by atoms with Gasteiger partial charge < -0.3 is 4.74 Å². The lowest BCUT2D eigenvalue weighted by atomic mass is 10.4. The van der Waals surface area contributed by atoms with Gasteiger partial charge in [0.15, 0.2) is 0 Å². The third kappa shape index (κ3) is 5.63. The van der Waals surface area contributed by atoms with E-state index in [2.05, 4.69) is 9.84 Å². The number of alkyl halides is 5. The molecule has 0 unspecified atom stereocenters. The van der Waals surface area contributed by atoms with Gasteiger partial charge in [-0.25, -0.2) is 8.78 Å². The number of ether oxygens (including phenoxy) is 1. The number of rotatable bonds is 6. The minimum absolute atomic E-state index is 0.0893. The van der Waals surface area contributed by atoms with Crippen molar-refractivity contribution in [2.24, 2.45) is 0 Å². The number of aryl methyl sites for hydroxylation is 1. The van der Waals surface area contributed by atoms with E-state index in [-0.39, 0.29) is 23.9 Å². The summed E-state index contributed by atoms with van der Waals surface area (Å²) in [6.07, 6.45) is -6.74. The van der Waals surface area contributed by atoms with Gasteiger partial charge in [-0.05, 0) is 0 Å². The van der Waals surface area contributed by atoms with Crippen molar-refractivity contribution in [1.29, 1.82) is 0 Å². The third-order valence-electron chi connectivity index (χ3n) is 1.89. The van der Waals surface area contributed by atoms with Gasteiger partial charge in [0, 0.05) is 12.7 Å². The Kier molecular flexibility index (Phi) is 5.33. The maximum Gasteiger partial charge on any atom is 0.390 e. The van der Waals surface area contributed by atoms with Crippen LogP contribution >= 0.6 is 11.6 Å². The van der Waals surface area contributed by atoms with Crippen LogP contribution in [-0.2, 0) is 17.9 Å². The second kappa shape index (κ2) is 6.33. The van der Waals surface area contributed by atoms with E-state index < -0.39 is 25.6 Å². The minimum Gasteiger partial charge on any atom is -0.369 e. The molecule has 0 aliphatic carbocycles. The van der Waals surface area contributed by atoms with Crippen molar-refractivity contribution in [3.63, 3.8) is 0 Å². The van der Waals surface area contributed by atoms with Crippen LogP contribution in [0.2, 0.25) is 5.02 Å². The van der Waals surface area contributed by atoms with Gasteiger partial charge >= 0.3 is 6.18 Å². The molecular formula is C9H10ClF5N2O. The fraction of sp³-hybridized carbons (Fsp3) is 0.667. The second-order valence-corrected chi connectivity index (χ2v) is 3.87. The Hall–Kier alpha value is -0.890. The van der Waals surface area contributed by atoms with Crippen molar-refractivity contribution in [3.8, 4) is 0 Å². The number of hydrogen-bond acceptors (Lipinski definition) is 2. The van der Waals surface area contributed by atoms with E-state index >= 15 is 0 Å². The Morgan fingerprint density at radius 3 is 2.61 bits per heavy atom. The molecule has 1 aromatic rings. The fourth-order valence-electron chi connectivity index (χ4n) is 1.14. The third-order valence-corrected chi connectivity index (χ3v) is 2.21. The summed E-state index contributed by atoms with van der Waals surface area (Å²) < 4.78 is 65.0. The molecule has 0 saturated carbocycles. The Labute approximate surface area is 104 Å². The van der Waals surface area contributed by atoms with Crippen LogP contribution in [0.25, 0.3) is 0 Å². The van der Waals surface area contributed by atoms with Gasteiger partial charge in [-0.1, -0.05) is 11.6 Å². The molecule has 1 heterocycles. The Morgan fingerprint density at radius 1 is 1.39 bits per heavy atom. The van der Waals surface area contributed by atoms with Crippen LogP contribution in [0.4, 0.5) is 22.0 Å². The summed E-state index contributed by atoms with van der Waals surface area (Å²) in [5.41, 5.74) is 0.138. The molecule has 0 aromatic carbocycles. The van der Waals surface area contributed by atoms with Crippen LogP contribution < -0.4 is 0 Å². The molecule has 104 valence electrons. The molecule has 0 fully saturated rings. The predicted molar refractivity (Wildman–Crippen MR) is 53.6 cm³/mol. The van der Waals surface area contributed by atoms with Crippen LogP contribution in [-0.4, -0.2) is 29.0 Å². The topological polar surface area (TPSA) is 27.1 Å². The van der Waals surface area contributed by atoms with E-state index in [0.717, 1.165) is 4.68 Å². The van der Waals surface area contributed by atoms with E-state index in [1.54, 1.807) is 0 Å². The summed E-state index contributed by atoms with van der Waals surface area (Å²) in [6.45, 7) is -1.41. The molecule has 0 amide bonds. The van der Waals surface area contributed by atoms with Crippen LogP contribution in [0.15, 0.2) is 6.20 Å². The van der Waals surface area contributed by atoms with Crippen molar-refractivity contribution >= 4 is 11.6 Å². The van der Waals surface area contributed by atoms with Gasteiger partial charge in [0.05, 0.1) is 18.1 Å². The van der Waals surface area contributed by atoms with E-state index in [1.807, 2.05) is 0 Å². The molecule has 3 nitrogen and oxygen atoms in total. The maximum atomic E-state index is 12.0. The summed E-state index contributed by atoms with van der Waals surface area (Å²) >= 11 is 5.68. The first-order valence-corrected chi connectivity index (χ1v) is 5.30. The van der Waals surface area contributed by atoms with Crippen molar-refractivity contribution < 1.29 is 26.7 Å². The monoisotopic (exact) mass is 292 g/mol. The summed E-state index contributed by atoms with van der Waals surface area (Å²) in [4.78, 5) is 0. The lowest BCUT2D eigenvalue weighted by Crippen LogP contribution is -2.12. The van der Waals surface area contributed by atoms with Crippen molar-refractivity contribution in [2.45, 2.75) is 32.2 Å². The first kappa shape index (κ1) is 15.2. The summed E-state index contributed by atoms with van der Waals surface area (Å²) in [5, 5.41) is 3.81. The molecule has 0 aliphatic heterocycles. The molecule has 9 heteroatoms. The highest BCUT2D eigenvalue weighted by molar-refractivity contribution is 6.31. The Balaban J connectivity index is 2.48. The second-order valence-electron chi connectivity index (χ2n) is 3.46. The lowest BCUT2D eigenvalue weighted by Gasteiger charge is -2.05. The average Bonchev–Trinajstić information content (AvgIpc) is 2.55. The van der Waals surface area contributed by atoms with Crippen molar-refractivity contribution in [2.75, 3.05) is 6.61 Å². The van der Waals surface area contributed by atoms with Gasteiger partial charge in [0.25, 0.3) is 6.43 Å². The predicted octanol–water partition coefficient (Wildman–Crippen LogP) is 3.27.